The molecule has 0 radical (unpaired) electrons. The van der Waals surface area contributed by atoms with Gasteiger partial charge in [-0.3, -0.25) is 14.4 Å². The lowest BCUT2D eigenvalue weighted by Gasteiger charge is -2.12. The first-order valence-corrected chi connectivity index (χ1v) is 14.7. The molecule has 0 spiro atoms. The van der Waals surface area contributed by atoms with E-state index in [9.17, 15) is 14.4 Å². The van der Waals surface area contributed by atoms with E-state index in [1.165, 1.54) is 18.9 Å². The summed E-state index contributed by atoms with van der Waals surface area (Å²) in [5.41, 5.74) is 2.29. The minimum absolute atomic E-state index is 0.0760. The number of hydrogen-bond donors (Lipinski definition) is 3. The molecule has 0 aromatic heterocycles. The van der Waals surface area contributed by atoms with Crippen LogP contribution in [-0.4, -0.2) is 44.3 Å². The number of nitrogens with one attached hydrogen (secondary N) is 3. The molecule has 0 aliphatic rings. The van der Waals surface area contributed by atoms with Crippen molar-refractivity contribution in [2.75, 3.05) is 37.2 Å². The number of anilines is 2. The van der Waals surface area contributed by atoms with Crippen LogP contribution < -0.4 is 30.2 Å². The summed E-state index contributed by atoms with van der Waals surface area (Å²) in [7, 11) is 3.08. The number of rotatable bonds is 13. The van der Waals surface area contributed by atoms with Crippen LogP contribution in [0.4, 0.5) is 11.4 Å². The summed E-state index contributed by atoms with van der Waals surface area (Å²) < 4.78 is 16.0. The van der Waals surface area contributed by atoms with Gasteiger partial charge < -0.3 is 30.2 Å². The van der Waals surface area contributed by atoms with Crippen LogP contribution >= 0.6 is 11.8 Å². The maximum Gasteiger partial charge on any atom is 0.272 e. The maximum absolute atomic E-state index is 13.3. The Labute approximate surface area is 260 Å². The van der Waals surface area contributed by atoms with E-state index >= 15 is 0 Å². The Morgan fingerprint density at radius 1 is 0.795 bits per heavy atom. The van der Waals surface area contributed by atoms with E-state index in [0.717, 1.165) is 4.90 Å². The van der Waals surface area contributed by atoms with Crippen LogP contribution in [0.15, 0.2) is 108 Å². The Morgan fingerprint density at radius 2 is 1.50 bits per heavy atom. The first kappa shape index (κ1) is 31.7. The van der Waals surface area contributed by atoms with Crippen molar-refractivity contribution in [3.05, 3.63) is 114 Å². The molecule has 0 unspecified atom stereocenters. The number of ether oxygens (including phenoxy) is 3. The van der Waals surface area contributed by atoms with Crippen LogP contribution in [0, 0.1) is 0 Å². The number of carbonyl (C=O) groups is 3. The Balaban J connectivity index is 1.40. The van der Waals surface area contributed by atoms with E-state index in [-0.39, 0.29) is 17.4 Å². The highest BCUT2D eigenvalue weighted by Gasteiger charge is 2.16. The third kappa shape index (κ3) is 9.14. The fourth-order valence-corrected chi connectivity index (χ4v) is 4.70. The maximum atomic E-state index is 13.3. The smallest absolute Gasteiger partial charge is 0.272 e. The molecule has 0 aliphatic carbocycles. The Hall–Kier alpha value is -5.22. The molecule has 0 atom stereocenters. The van der Waals surface area contributed by atoms with Crippen LogP contribution in [0.5, 0.6) is 17.2 Å². The third-order valence-corrected chi connectivity index (χ3v) is 7.21. The summed E-state index contributed by atoms with van der Waals surface area (Å²) in [6, 6.07) is 28.1. The van der Waals surface area contributed by atoms with Crippen LogP contribution in [-0.2, 0) is 9.59 Å². The van der Waals surface area contributed by atoms with Crippen LogP contribution in [0.2, 0.25) is 0 Å². The molecule has 3 N–H and O–H groups in total. The lowest BCUT2D eigenvalue weighted by Crippen LogP contribution is -2.30. The molecule has 9 nitrogen and oxygen atoms in total. The molecular formula is C34H33N3O6S. The zero-order valence-corrected chi connectivity index (χ0v) is 25.4. The van der Waals surface area contributed by atoms with Gasteiger partial charge in [0, 0.05) is 22.2 Å². The predicted molar refractivity (Wildman–Crippen MR) is 173 cm³/mol. The summed E-state index contributed by atoms with van der Waals surface area (Å²) in [6.07, 6.45) is 1.60. The number of benzene rings is 4. The van der Waals surface area contributed by atoms with Crippen molar-refractivity contribution in [3.63, 3.8) is 0 Å². The third-order valence-electron chi connectivity index (χ3n) is 6.20. The van der Waals surface area contributed by atoms with Crippen molar-refractivity contribution in [1.82, 2.24) is 5.32 Å². The number of amides is 3. The van der Waals surface area contributed by atoms with E-state index in [1.54, 1.807) is 104 Å². The van der Waals surface area contributed by atoms with Gasteiger partial charge in [0.1, 0.15) is 22.9 Å². The molecule has 0 bridgehead atoms. The lowest BCUT2D eigenvalue weighted by atomic mass is 10.1. The summed E-state index contributed by atoms with van der Waals surface area (Å²) >= 11 is 1.35. The fourth-order valence-electron chi connectivity index (χ4n) is 4.01. The highest BCUT2D eigenvalue weighted by atomic mass is 32.2. The van der Waals surface area contributed by atoms with Crippen LogP contribution in [0.25, 0.3) is 6.08 Å². The number of carbonyl (C=O) groups excluding carboxylic acids is 3. The molecular weight excluding hydrogens is 578 g/mol. The van der Waals surface area contributed by atoms with Gasteiger partial charge in [-0.2, -0.15) is 0 Å². The van der Waals surface area contributed by atoms with Crippen molar-refractivity contribution < 1.29 is 28.6 Å². The van der Waals surface area contributed by atoms with Gasteiger partial charge in [-0.05, 0) is 79.2 Å². The predicted octanol–water partition coefficient (Wildman–Crippen LogP) is 6.24. The zero-order valence-electron chi connectivity index (χ0n) is 24.6. The largest absolute Gasteiger partial charge is 0.497 e. The quantitative estimate of drug-likeness (QED) is 0.121. The van der Waals surface area contributed by atoms with Crippen LogP contribution in [0.1, 0.15) is 22.8 Å². The van der Waals surface area contributed by atoms with Crippen LogP contribution in [0.3, 0.4) is 0 Å². The molecule has 0 aliphatic heterocycles. The SMILES string of the molecule is CCOc1ccc(/C=C(\NC(=O)c2ccccc2)C(=O)Nc2ccc(SCC(=O)Nc3ccc(OC)cc3OC)cc2)cc1. The minimum atomic E-state index is -0.489. The van der Waals surface area contributed by atoms with Gasteiger partial charge in [0.2, 0.25) is 5.91 Å². The second-order valence-electron chi connectivity index (χ2n) is 9.26. The second-order valence-corrected chi connectivity index (χ2v) is 10.3. The average molecular weight is 612 g/mol. The van der Waals surface area contributed by atoms with Gasteiger partial charge in [0.15, 0.2) is 0 Å². The Morgan fingerprint density at radius 3 is 2.16 bits per heavy atom. The lowest BCUT2D eigenvalue weighted by molar-refractivity contribution is -0.114. The van der Waals surface area contributed by atoms with Gasteiger partial charge in [-0.1, -0.05) is 30.3 Å². The van der Waals surface area contributed by atoms with Gasteiger partial charge in [-0.15, -0.1) is 11.8 Å². The first-order chi connectivity index (χ1) is 21.4. The normalized spacial score (nSPS) is 10.8. The van der Waals surface area contributed by atoms with Gasteiger partial charge in [-0.25, -0.2) is 0 Å². The Kier molecular flexibility index (Phi) is 11.4. The molecule has 226 valence electrons. The highest BCUT2D eigenvalue weighted by Crippen LogP contribution is 2.29. The molecule has 44 heavy (non-hydrogen) atoms. The van der Waals surface area contributed by atoms with Crippen molar-refractivity contribution in [2.45, 2.75) is 11.8 Å². The molecule has 0 saturated heterocycles. The monoisotopic (exact) mass is 611 g/mol. The summed E-state index contributed by atoms with van der Waals surface area (Å²) in [6.45, 7) is 2.44. The van der Waals surface area contributed by atoms with Gasteiger partial charge >= 0.3 is 0 Å². The molecule has 10 heteroatoms. The van der Waals surface area contributed by atoms with E-state index in [4.69, 9.17) is 14.2 Å². The summed E-state index contributed by atoms with van der Waals surface area (Å²) in [4.78, 5) is 39.6. The highest BCUT2D eigenvalue weighted by molar-refractivity contribution is 8.00. The van der Waals surface area contributed by atoms with Crippen molar-refractivity contribution in [2.24, 2.45) is 0 Å². The topological polar surface area (TPSA) is 115 Å². The molecule has 4 aromatic rings. The van der Waals surface area contributed by atoms with E-state index in [2.05, 4.69) is 16.0 Å². The molecule has 0 fully saturated rings. The van der Waals surface area contributed by atoms with Gasteiger partial charge in [0.05, 0.1) is 32.3 Å². The van der Waals surface area contributed by atoms with E-state index in [0.29, 0.717) is 46.4 Å². The average Bonchev–Trinajstić information content (AvgIpc) is 3.05. The number of methoxy groups -OCH3 is 2. The molecule has 4 aromatic carbocycles. The first-order valence-electron chi connectivity index (χ1n) is 13.8. The standard InChI is InChI=1S/C34H33N3O6S/c1-4-43-26-14-10-23(11-15-26)20-30(37-33(39)24-8-6-5-7-9-24)34(40)35-25-12-17-28(18-13-25)44-22-32(38)36-29-19-16-27(41-2)21-31(29)42-3/h5-21H,4,22H2,1-3H3,(H,35,40)(H,36,38)(H,37,39)/b30-20-. The summed E-state index contributed by atoms with van der Waals surface area (Å²) in [5, 5.41) is 8.42. The second kappa shape index (κ2) is 15.9. The van der Waals surface area contributed by atoms with E-state index in [1.807, 2.05) is 13.0 Å². The van der Waals surface area contributed by atoms with Gasteiger partial charge in [0.25, 0.3) is 11.8 Å². The van der Waals surface area contributed by atoms with Crippen molar-refractivity contribution in [1.29, 1.82) is 0 Å². The van der Waals surface area contributed by atoms with Crippen molar-refractivity contribution in [3.8, 4) is 17.2 Å². The fraction of sp³-hybridized carbons (Fsp3) is 0.147. The minimum Gasteiger partial charge on any atom is -0.497 e. The molecule has 0 heterocycles. The zero-order chi connectivity index (χ0) is 31.3. The number of thioether (sulfide) groups is 1. The number of hydrogen-bond acceptors (Lipinski definition) is 7. The summed E-state index contributed by atoms with van der Waals surface area (Å²) in [5.74, 6) is 0.902. The molecule has 3 amide bonds. The Bertz CT molecular complexity index is 1610. The molecule has 4 rings (SSSR count). The van der Waals surface area contributed by atoms with E-state index < -0.39 is 11.8 Å². The molecule has 0 saturated carbocycles. The van der Waals surface area contributed by atoms with Crippen molar-refractivity contribution >= 4 is 46.9 Å².